The van der Waals surface area contributed by atoms with Crippen LogP contribution in [0.5, 0.6) is 0 Å². The van der Waals surface area contributed by atoms with Crippen molar-refractivity contribution in [1.29, 1.82) is 0 Å². The molecule has 1 atom stereocenters. The summed E-state index contributed by atoms with van der Waals surface area (Å²) >= 11 is 1.58. The number of hydrogen-bond donors (Lipinski definition) is 1. The molecule has 3 aromatic heterocycles. The number of aryl methyl sites for hydroxylation is 2. The first-order valence-corrected chi connectivity index (χ1v) is 9.61. The molecule has 1 aliphatic rings. The minimum atomic E-state index is 0.282. The second-order valence-electron chi connectivity index (χ2n) is 6.52. The Hall–Kier alpha value is -2.61. The fraction of sp³-hybridized carbons (Fsp3) is 0.389. The normalized spacial score (nSPS) is 17.3. The van der Waals surface area contributed by atoms with Crippen molar-refractivity contribution < 1.29 is 0 Å². The zero-order valence-electron chi connectivity index (χ0n) is 14.9. The van der Waals surface area contributed by atoms with Crippen LogP contribution in [0.4, 0.5) is 16.8 Å². The van der Waals surface area contributed by atoms with Crippen molar-refractivity contribution in [1.82, 2.24) is 24.9 Å². The molecule has 134 valence electrons. The van der Waals surface area contributed by atoms with Crippen LogP contribution in [0, 0.1) is 13.8 Å². The van der Waals surface area contributed by atoms with Gasteiger partial charge in [0.15, 0.2) is 5.13 Å². The van der Waals surface area contributed by atoms with E-state index in [0.717, 1.165) is 59.9 Å². The van der Waals surface area contributed by atoms with E-state index in [9.17, 15) is 0 Å². The summed E-state index contributed by atoms with van der Waals surface area (Å²) in [7, 11) is 0. The van der Waals surface area contributed by atoms with Crippen molar-refractivity contribution in [2.75, 3.05) is 23.3 Å². The zero-order valence-corrected chi connectivity index (χ0v) is 15.7. The SMILES string of the molecule is Cc1cc(Nc2nc(C)cs2)nc([C@@H]2CCCN(c3cnccn3)C2)n1. The fourth-order valence-corrected chi connectivity index (χ4v) is 3.90. The third-order valence-electron chi connectivity index (χ3n) is 4.39. The number of hydrogen-bond acceptors (Lipinski definition) is 8. The van der Waals surface area contributed by atoms with Crippen LogP contribution in [0.15, 0.2) is 30.0 Å². The monoisotopic (exact) mass is 367 g/mol. The Bertz CT molecular complexity index is 880. The van der Waals surface area contributed by atoms with Crippen molar-refractivity contribution in [3.63, 3.8) is 0 Å². The maximum absolute atomic E-state index is 4.77. The molecule has 0 radical (unpaired) electrons. The van der Waals surface area contributed by atoms with Crippen molar-refractivity contribution in [3.05, 3.63) is 47.2 Å². The zero-order chi connectivity index (χ0) is 17.9. The van der Waals surface area contributed by atoms with Gasteiger partial charge in [0.25, 0.3) is 0 Å². The Morgan fingerprint density at radius 2 is 2.08 bits per heavy atom. The van der Waals surface area contributed by atoms with Gasteiger partial charge in [0, 0.05) is 48.5 Å². The largest absolute Gasteiger partial charge is 0.355 e. The van der Waals surface area contributed by atoms with E-state index in [1.54, 1.807) is 23.7 Å². The van der Waals surface area contributed by atoms with Crippen LogP contribution in [0.25, 0.3) is 0 Å². The number of nitrogens with zero attached hydrogens (tertiary/aromatic N) is 6. The Labute approximate surface area is 156 Å². The summed E-state index contributed by atoms with van der Waals surface area (Å²) in [6.45, 7) is 5.84. The van der Waals surface area contributed by atoms with Gasteiger partial charge in [-0.05, 0) is 26.7 Å². The van der Waals surface area contributed by atoms with E-state index in [-0.39, 0.29) is 5.92 Å². The van der Waals surface area contributed by atoms with Gasteiger partial charge in [0.2, 0.25) is 0 Å². The molecule has 3 aromatic rings. The first-order valence-electron chi connectivity index (χ1n) is 8.73. The molecular formula is C18H21N7S. The van der Waals surface area contributed by atoms with Gasteiger partial charge in [-0.15, -0.1) is 11.3 Å². The Morgan fingerprint density at radius 3 is 2.85 bits per heavy atom. The molecule has 8 heteroatoms. The van der Waals surface area contributed by atoms with E-state index in [0.29, 0.717) is 0 Å². The molecule has 0 bridgehead atoms. The molecule has 0 unspecified atom stereocenters. The third-order valence-corrected chi connectivity index (χ3v) is 5.26. The summed E-state index contributed by atoms with van der Waals surface area (Å²) in [5.74, 6) is 2.89. The lowest BCUT2D eigenvalue weighted by Crippen LogP contribution is -2.35. The fourth-order valence-electron chi connectivity index (χ4n) is 3.21. The molecule has 7 nitrogen and oxygen atoms in total. The van der Waals surface area contributed by atoms with Crippen LogP contribution in [-0.4, -0.2) is 38.0 Å². The molecule has 0 saturated carbocycles. The molecule has 1 aliphatic heterocycles. The van der Waals surface area contributed by atoms with Crippen LogP contribution >= 0.6 is 11.3 Å². The number of nitrogens with one attached hydrogen (secondary N) is 1. The van der Waals surface area contributed by atoms with Gasteiger partial charge in [-0.2, -0.15) is 0 Å². The van der Waals surface area contributed by atoms with Crippen LogP contribution in [0.2, 0.25) is 0 Å². The van der Waals surface area contributed by atoms with Gasteiger partial charge < -0.3 is 10.2 Å². The molecule has 1 fully saturated rings. The lowest BCUT2D eigenvalue weighted by Gasteiger charge is -2.32. The van der Waals surface area contributed by atoms with Crippen LogP contribution in [0.1, 0.15) is 36.0 Å². The van der Waals surface area contributed by atoms with E-state index in [2.05, 4.69) is 25.2 Å². The summed E-state index contributed by atoms with van der Waals surface area (Å²) in [5.41, 5.74) is 1.97. The summed E-state index contributed by atoms with van der Waals surface area (Å²) in [6.07, 6.45) is 7.42. The van der Waals surface area contributed by atoms with Crippen molar-refractivity contribution in [2.24, 2.45) is 0 Å². The predicted octanol–water partition coefficient (Wildman–Crippen LogP) is 3.47. The molecule has 4 heterocycles. The molecule has 26 heavy (non-hydrogen) atoms. The maximum atomic E-state index is 4.77. The molecular weight excluding hydrogens is 346 g/mol. The van der Waals surface area contributed by atoms with Gasteiger partial charge in [-0.1, -0.05) is 0 Å². The standard InChI is InChI=1S/C18H21N7S/c1-12-8-15(24-18-22-13(2)11-26-18)23-17(21-12)14-4-3-7-25(10-14)16-9-19-5-6-20-16/h5-6,8-9,11,14H,3-4,7,10H2,1-2H3,(H,21,22,23,24)/t14-/m1/s1. The summed E-state index contributed by atoms with van der Waals surface area (Å²) in [5, 5.41) is 6.19. The van der Waals surface area contributed by atoms with Crippen molar-refractivity contribution in [2.45, 2.75) is 32.6 Å². The highest BCUT2D eigenvalue weighted by atomic mass is 32.1. The second kappa shape index (κ2) is 7.33. The molecule has 0 aromatic carbocycles. The molecule has 1 saturated heterocycles. The molecule has 1 N–H and O–H groups in total. The highest BCUT2D eigenvalue weighted by Gasteiger charge is 2.25. The molecule has 0 spiro atoms. The smallest absolute Gasteiger partial charge is 0.188 e. The Kier molecular flexibility index (Phi) is 4.75. The van der Waals surface area contributed by atoms with Gasteiger partial charge in [0.05, 0.1) is 11.9 Å². The summed E-state index contributed by atoms with van der Waals surface area (Å²) < 4.78 is 0. The van der Waals surface area contributed by atoms with E-state index in [1.807, 2.05) is 31.5 Å². The first kappa shape index (κ1) is 16.8. The van der Waals surface area contributed by atoms with Gasteiger partial charge in [-0.3, -0.25) is 4.98 Å². The van der Waals surface area contributed by atoms with Crippen molar-refractivity contribution >= 4 is 28.1 Å². The second-order valence-corrected chi connectivity index (χ2v) is 7.38. The number of rotatable bonds is 4. The third kappa shape index (κ3) is 3.80. The number of thiazole rings is 1. The lowest BCUT2D eigenvalue weighted by molar-refractivity contribution is 0.488. The van der Waals surface area contributed by atoms with Gasteiger partial charge >= 0.3 is 0 Å². The number of piperidine rings is 1. The number of aromatic nitrogens is 5. The van der Waals surface area contributed by atoms with Crippen molar-refractivity contribution in [3.8, 4) is 0 Å². The van der Waals surface area contributed by atoms with E-state index < -0.39 is 0 Å². The minimum absolute atomic E-state index is 0.282. The summed E-state index contributed by atoms with van der Waals surface area (Å²) in [6, 6.07) is 1.96. The van der Waals surface area contributed by atoms with Gasteiger partial charge in [0.1, 0.15) is 17.5 Å². The van der Waals surface area contributed by atoms with E-state index >= 15 is 0 Å². The highest BCUT2D eigenvalue weighted by Crippen LogP contribution is 2.28. The predicted molar refractivity (Wildman–Crippen MR) is 103 cm³/mol. The van der Waals surface area contributed by atoms with Gasteiger partial charge in [-0.25, -0.2) is 19.9 Å². The highest BCUT2D eigenvalue weighted by molar-refractivity contribution is 7.13. The van der Waals surface area contributed by atoms with E-state index in [1.165, 1.54) is 0 Å². The molecule has 0 aliphatic carbocycles. The maximum Gasteiger partial charge on any atom is 0.188 e. The average Bonchev–Trinajstić information content (AvgIpc) is 3.07. The minimum Gasteiger partial charge on any atom is -0.355 e. The van der Waals surface area contributed by atoms with E-state index in [4.69, 9.17) is 9.97 Å². The first-order chi connectivity index (χ1) is 12.7. The molecule has 4 rings (SSSR count). The quantitative estimate of drug-likeness (QED) is 0.756. The van der Waals surface area contributed by atoms with Crippen LogP contribution < -0.4 is 10.2 Å². The lowest BCUT2D eigenvalue weighted by atomic mass is 9.97. The summed E-state index contributed by atoms with van der Waals surface area (Å²) in [4.78, 5) is 24.8. The molecule has 0 amide bonds. The van der Waals surface area contributed by atoms with Crippen LogP contribution in [-0.2, 0) is 0 Å². The van der Waals surface area contributed by atoms with Crippen LogP contribution in [0.3, 0.4) is 0 Å². The Balaban J connectivity index is 1.54. The topological polar surface area (TPSA) is 79.7 Å². The Morgan fingerprint density at radius 1 is 1.15 bits per heavy atom. The number of anilines is 3. The average molecular weight is 367 g/mol.